The fourth-order valence-electron chi connectivity index (χ4n) is 1.60. The molecular formula is C14H11Br2ClO2. The fraction of sp³-hybridized carbons (Fsp3) is 0.143. The number of halogens is 3. The first kappa shape index (κ1) is 14.9. The minimum absolute atomic E-state index is 0.528. The summed E-state index contributed by atoms with van der Waals surface area (Å²) in [5, 5.41) is 10.1. The van der Waals surface area contributed by atoms with E-state index in [1.165, 1.54) is 0 Å². The van der Waals surface area contributed by atoms with Crippen molar-refractivity contribution < 1.29 is 9.84 Å². The normalized spacial score (nSPS) is 12.3. The van der Waals surface area contributed by atoms with Gasteiger partial charge in [0.15, 0.2) is 0 Å². The van der Waals surface area contributed by atoms with Gasteiger partial charge in [0.05, 0.1) is 11.1 Å². The Morgan fingerprint density at radius 2 is 1.89 bits per heavy atom. The summed E-state index contributed by atoms with van der Waals surface area (Å²) in [5.41, 5.74) is 0.814. The van der Waals surface area contributed by atoms with E-state index in [-0.39, 0.29) is 0 Å². The highest BCUT2D eigenvalue weighted by atomic mass is 79.9. The van der Waals surface area contributed by atoms with E-state index in [4.69, 9.17) is 16.3 Å². The van der Waals surface area contributed by atoms with E-state index in [1.807, 2.05) is 12.1 Å². The number of aliphatic hydroxyl groups excluding tert-OH is 1. The van der Waals surface area contributed by atoms with Gasteiger partial charge in [-0.15, -0.1) is 0 Å². The molecule has 1 atom stereocenters. The maximum Gasteiger partial charge on any atom is 0.146 e. The van der Waals surface area contributed by atoms with Gasteiger partial charge in [0.25, 0.3) is 0 Å². The lowest BCUT2D eigenvalue weighted by molar-refractivity contribution is 0.198. The molecule has 5 heteroatoms. The van der Waals surface area contributed by atoms with Gasteiger partial charge in [0.1, 0.15) is 11.5 Å². The van der Waals surface area contributed by atoms with E-state index in [9.17, 15) is 5.11 Å². The number of benzene rings is 2. The molecule has 0 bridgehead atoms. The molecule has 2 nitrogen and oxygen atoms in total. The Balaban J connectivity index is 2.26. The SMILES string of the molecule is C[C@@H](O)c1ccc(Oc2ccc(Br)cc2Cl)cc1Br. The van der Waals surface area contributed by atoms with Crippen LogP contribution in [0.5, 0.6) is 11.5 Å². The number of aliphatic hydroxyl groups is 1. The molecule has 0 saturated carbocycles. The molecule has 2 aromatic carbocycles. The third kappa shape index (κ3) is 3.72. The van der Waals surface area contributed by atoms with Gasteiger partial charge in [0, 0.05) is 8.95 Å². The monoisotopic (exact) mass is 404 g/mol. The van der Waals surface area contributed by atoms with E-state index < -0.39 is 6.10 Å². The molecule has 100 valence electrons. The minimum atomic E-state index is -0.528. The molecule has 0 saturated heterocycles. The number of ether oxygens (including phenoxy) is 1. The Morgan fingerprint density at radius 3 is 2.47 bits per heavy atom. The maximum absolute atomic E-state index is 9.56. The fourth-order valence-corrected chi connectivity index (χ4v) is 3.00. The van der Waals surface area contributed by atoms with E-state index in [2.05, 4.69) is 31.9 Å². The Kier molecular flexibility index (Phi) is 4.90. The Bertz CT molecular complexity index is 600. The molecule has 0 radical (unpaired) electrons. The van der Waals surface area contributed by atoms with Crippen molar-refractivity contribution in [2.24, 2.45) is 0 Å². The molecule has 2 aromatic rings. The van der Waals surface area contributed by atoms with Gasteiger partial charge in [-0.1, -0.05) is 49.5 Å². The zero-order valence-electron chi connectivity index (χ0n) is 10.0. The van der Waals surface area contributed by atoms with Crippen molar-refractivity contribution in [2.75, 3.05) is 0 Å². The third-order valence-electron chi connectivity index (χ3n) is 2.54. The average Bonchev–Trinajstić information content (AvgIpc) is 2.32. The molecule has 0 aliphatic rings. The second kappa shape index (κ2) is 6.27. The highest BCUT2D eigenvalue weighted by Gasteiger charge is 2.09. The quantitative estimate of drug-likeness (QED) is 0.707. The zero-order chi connectivity index (χ0) is 14.0. The van der Waals surface area contributed by atoms with Crippen LogP contribution in [0.15, 0.2) is 45.3 Å². The highest BCUT2D eigenvalue weighted by molar-refractivity contribution is 9.10. The summed E-state index contributed by atoms with van der Waals surface area (Å²) >= 11 is 12.8. The van der Waals surface area contributed by atoms with Gasteiger partial charge in [-0.05, 0) is 42.8 Å². The second-order valence-electron chi connectivity index (χ2n) is 4.04. The minimum Gasteiger partial charge on any atom is -0.456 e. The predicted octanol–water partition coefficient (Wildman–Crippen LogP) is 5.71. The van der Waals surface area contributed by atoms with Crippen LogP contribution in [0.2, 0.25) is 5.02 Å². The Hall–Kier alpha value is -0.550. The lowest BCUT2D eigenvalue weighted by Gasteiger charge is -2.11. The lowest BCUT2D eigenvalue weighted by atomic mass is 10.1. The average molecular weight is 407 g/mol. The van der Waals surface area contributed by atoms with Crippen molar-refractivity contribution in [1.29, 1.82) is 0 Å². The van der Waals surface area contributed by atoms with Gasteiger partial charge in [0.2, 0.25) is 0 Å². The van der Waals surface area contributed by atoms with Crippen LogP contribution in [0.3, 0.4) is 0 Å². The van der Waals surface area contributed by atoms with Crippen LogP contribution < -0.4 is 4.74 Å². The summed E-state index contributed by atoms with van der Waals surface area (Å²) < 4.78 is 7.41. The summed E-state index contributed by atoms with van der Waals surface area (Å²) in [6.45, 7) is 1.71. The van der Waals surface area contributed by atoms with Gasteiger partial charge >= 0.3 is 0 Å². The molecule has 0 fully saturated rings. The van der Waals surface area contributed by atoms with Crippen molar-refractivity contribution in [3.05, 3.63) is 55.9 Å². The van der Waals surface area contributed by atoms with Crippen molar-refractivity contribution in [1.82, 2.24) is 0 Å². The molecule has 1 N–H and O–H groups in total. The van der Waals surface area contributed by atoms with Crippen LogP contribution in [-0.4, -0.2) is 5.11 Å². The predicted molar refractivity (Wildman–Crippen MR) is 84.0 cm³/mol. The molecule has 0 aliphatic heterocycles. The largest absolute Gasteiger partial charge is 0.456 e. The number of rotatable bonds is 3. The third-order valence-corrected chi connectivity index (χ3v) is 4.02. The molecule has 0 amide bonds. The highest BCUT2D eigenvalue weighted by Crippen LogP contribution is 2.34. The van der Waals surface area contributed by atoms with Crippen LogP contribution in [0.25, 0.3) is 0 Å². The molecule has 0 unspecified atom stereocenters. The van der Waals surface area contributed by atoms with Gasteiger partial charge in [-0.2, -0.15) is 0 Å². The topological polar surface area (TPSA) is 29.5 Å². The van der Waals surface area contributed by atoms with Crippen molar-refractivity contribution >= 4 is 43.5 Å². The molecular weight excluding hydrogens is 395 g/mol. The summed E-state index contributed by atoms with van der Waals surface area (Å²) in [5.74, 6) is 1.24. The van der Waals surface area contributed by atoms with E-state index in [0.717, 1.165) is 14.5 Å². The first-order chi connectivity index (χ1) is 8.97. The van der Waals surface area contributed by atoms with E-state index in [0.29, 0.717) is 16.5 Å². The molecule has 0 aromatic heterocycles. The van der Waals surface area contributed by atoms with Crippen LogP contribution in [0, 0.1) is 0 Å². The molecule has 2 rings (SSSR count). The first-order valence-corrected chi connectivity index (χ1v) is 7.54. The van der Waals surface area contributed by atoms with Gasteiger partial charge in [-0.25, -0.2) is 0 Å². The summed E-state index contributed by atoms with van der Waals surface area (Å²) in [6, 6.07) is 10.8. The number of hydrogen-bond acceptors (Lipinski definition) is 2. The van der Waals surface area contributed by atoms with Crippen molar-refractivity contribution in [3.63, 3.8) is 0 Å². The first-order valence-electron chi connectivity index (χ1n) is 5.58. The summed E-state index contributed by atoms with van der Waals surface area (Å²) in [6.07, 6.45) is -0.528. The van der Waals surface area contributed by atoms with Crippen molar-refractivity contribution in [3.8, 4) is 11.5 Å². The van der Waals surface area contributed by atoms with Gasteiger partial charge < -0.3 is 9.84 Å². The van der Waals surface area contributed by atoms with Crippen LogP contribution in [-0.2, 0) is 0 Å². The van der Waals surface area contributed by atoms with E-state index >= 15 is 0 Å². The standard InChI is InChI=1S/C14H11Br2ClO2/c1-8(18)11-4-3-10(7-12(11)16)19-14-5-2-9(15)6-13(14)17/h2-8,18H,1H3/t8-/m1/s1. The molecule has 0 heterocycles. The molecule has 0 aliphatic carbocycles. The second-order valence-corrected chi connectivity index (χ2v) is 6.21. The number of hydrogen-bond donors (Lipinski definition) is 1. The van der Waals surface area contributed by atoms with Crippen LogP contribution in [0.1, 0.15) is 18.6 Å². The summed E-state index contributed by atoms with van der Waals surface area (Å²) in [7, 11) is 0. The molecule has 0 spiro atoms. The smallest absolute Gasteiger partial charge is 0.146 e. The Labute approximate surface area is 133 Å². The van der Waals surface area contributed by atoms with Crippen LogP contribution in [0.4, 0.5) is 0 Å². The maximum atomic E-state index is 9.56. The van der Waals surface area contributed by atoms with E-state index in [1.54, 1.807) is 31.2 Å². The van der Waals surface area contributed by atoms with Crippen molar-refractivity contribution in [2.45, 2.75) is 13.0 Å². The van der Waals surface area contributed by atoms with Crippen LogP contribution >= 0.6 is 43.5 Å². The molecule has 19 heavy (non-hydrogen) atoms. The lowest BCUT2D eigenvalue weighted by Crippen LogP contribution is -1.93. The van der Waals surface area contributed by atoms with Gasteiger partial charge in [-0.3, -0.25) is 0 Å². The Morgan fingerprint density at radius 1 is 1.16 bits per heavy atom. The summed E-state index contributed by atoms with van der Waals surface area (Å²) in [4.78, 5) is 0. The zero-order valence-corrected chi connectivity index (χ0v) is 14.0.